The van der Waals surface area contributed by atoms with Gasteiger partial charge in [0.1, 0.15) is 5.75 Å². The second-order valence-electron chi connectivity index (χ2n) is 3.55. The number of aromatic nitrogens is 1. The average molecular weight is 217 g/mol. The number of hydrogen-bond donors (Lipinski definition) is 2. The Balaban J connectivity index is 2.54. The minimum absolute atomic E-state index is 0.660. The molecule has 2 rings (SSSR count). The summed E-state index contributed by atoms with van der Waals surface area (Å²) in [7, 11) is 0. The molecule has 0 radical (unpaired) electrons. The molecule has 84 valence electrons. The molecule has 0 saturated carbocycles. The smallest absolute Gasteiger partial charge is 0.120 e. The molecule has 16 heavy (non-hydrogen) atoms. The molecule has 0 spiro atoms. The van der Waals surface area contributed by atoms with Crippen LogP contribution in [0.25, 0.3) is 10.9 Å². The highest BCUT2D eigenvalue weighted by atomic mass is 16.5. The third kappa shape index (κ3) is 1.92. The molecule has 0 atom stereocenters. The maximum absolute atomic E-state index is 5.44. The molecule has 4 heteroatoms. The second kappa shape index (κ2) is 4.37. The van der Waals surface area contributed by atoms with Crippen molar-refractivity contribution in [2.75, 3.05) is 12.0 Å². The van der Waals surface area contributed by atoms with Gasteiger partial charge in [0.25, 0.3) is 0 Å². The third-order valence-electron chi connectivity index (χ3n) is 2.44. The van der Waals surface area contributed by atoms with Crippen LogP contribution in [0.1, 0.15) is 12.6 Å². The number of nitrogen functional groups attached to an aromatic ring is 1. The maximum atomic E-state index is 5.44. The Morgan fingerprint density at radius 1 is 1.38 bits per heavy atom. The van der Waals surface area contributed by atoms with Crippen LogP contribution in [0, 0.1) is 6.92 Å². The molecule has 0 bridgehead atoms. The van der Waals surface area contributed by atoms with Crippen molar-refractivity contribution in [2.24, 2.45) is 5.84 Å². The summed E-state index contributed by atoms with van der Waals surface area (Å²) in [6, 6.07) is 7.81. The van der Waals surface area contributed by atoms with Crippen LogP contribution in [-0.4, -0.2) is 11.6 Å². The quantitative estimate of drug-likeness (QED) is 0.611. The van der Waals surface area contributed by atoms with Gasteiger partial charge in [-0.15, -0.1) is 0 Å². The van der Waals surface area contributed by atoms with Crippen LogP contribution in [0.4, 0.5) is 5.69 Å². The van der Waals surface area contributed by atoms with Gasteiger partial charge in [0, 0.05) is 5.39 Å². The molecular weight excluding hydrogens is 202 g/mol. The van der Waals surface area contributed by atoms with Crippen molar-refractivity contribution >= 4 is 16.6 Å². The average Bonchev–Trinajstić information content (AvgIpc) is 2.29. The summed E-state index contributed by atoms with van der Waals surface area (Å²) in [5, 5.41) is 1.02. The van der Waals surface area contributed by atoms with Crippen molar-refractivity contribution < 1.29 is 4.74 Å². The molecule has 0 fully saturated rings. The van der Waals surface area contributed by atoms with E-state index in [1.807, 2.05) is 38.1 Å². The Morgan fingerprint density at radius 2 is 2.19 bits per heavy atom. The zero-order valence-corrected chi connectivity index (χ0v) is 9.45. The number of fused-ring (bicyclic) bond motifs is 1. The Kier molecular flexibility index (Phi) is 2.92. The highest BCUT2D eigenvalue weighted by molar-refractivity contribution is 5.83. The van der Waals surface area contributed by atoms with Crippen molar-refractivity contribution in [2.45, 2.75) is 13.8 Å². The SMILES string of the molecule is CCOc1ccc2nc(C)c(NN)cc2c1. The molecule has 0 unspecified atom stereocenters. The van der Waals surface area contributed by atoms with Crippen LogP contribution in [0.15, 0.2) is 24.3 Å². The number of pyridine rings is 1. The minimum atomic E-state index is 0.660. The van der Waals surface area contributed by atoms with Gasteiger partial charge in [-0.05, 0) is 38.1 Å². The van der Waals surface area contributed by atoms with E-state index >= 15 is 0 Å². The summed E-state index contributed by atoms with van der Waals surface area (Å²) in [4.78, 5) is 4.45. The lowest BCUT2D eigenvalue weighted by atomic mass is 10.1. The summed E-state index contributed by atoms with van der Waals surface area (Å²) < 4.78 is 5.44. The zero-order chi connectivity index (χ0) is 11.5. The molecule has 0 aliphatic rings. The van der Waals surface area contributed by atoms with Crippen molar-refractivity contribution in [3.8, 4) is 5.75 Å². The van der Waals surface area contributed by atoms with Crippen LogP contribution in [0.3, 0.4) is 0 Å². The van der Waals surface area contributed by atoms with Crippen LogP contribution in [-0.2, 0) is 0 Å². The van der Waals surface area contributed by atoms with Gasteiger partial charge in [0.05, 0.1) is 23.5 Å². The first-order valence-corrected chi connectivity index (χ1v) is 5.25. The van der Waals surface area contributed by atoms with Crippen molar-refractivity contribution in [1.82, 2.24) is 4.98 Å². The lowest BCUT2D eigenvalue weighted by Gasteiger charge is -2.08. The number of ether oxygens (including phenoxy) is 1. The number of nitrogens with two attached hydrogens (primary N) is 1. The van der Waals surface area contributed by atoms with E-state index in [4.69, 9.17) is 10.6 Å². The van der Waals surface area contributed by atoms with Crippen LogP contribution < -0.4 is 16.0 Å². The second-order valence-corrected chi connectivity index (χ2v) is 3.55. The molecule has 1 heterocycles. The lowest BCUT2D eigenvalue weighted by molar-refractivity contribution is 0.340. The molecule has 2 aromatic rings. The number of anilines is 1. The topological polar surface area (TPSA) is 60.2 Å². The number of benzene rings is 1. The monoisotopic (exact) mass is 217 g/mol. The summed E-state index contributed by atoms with van der Waals surface area (Å²) in [5.74, 6) is 6.27. The maximum Gasteiger partial charge on any atom is 0.120 e. The molecule has 0 saturated heterocycles. The largest absolute Gasteiger partial charge is 0.494 e. The molecule has 0 amide bonds. The van der Waals surface area contributed by atoms with Crippen molar-refractivity contribution in [1.29, 1.82) is 0 Å². The number of nitrogens with one attached hydrogen (secondary N) is 1. The standard InChI is InChI=1S/C12H15N3O/c1-3-16-10-4-5-11-9(6-10)7-12(15-13)8(2)14-11/h4-7,15H,3,13H2,1-2H3. The number of nitrogens with zero attached hydrogens (tertiary/aromatic N) is 1. The summed E-state index contributed by atoms with van der Waals surface area (Å²) >= 11 is 0. The van der Waals surface area contributed by atoms with Crippen molar-refractivity contribution in [3.63, 3.8) is 0 Å². The summed E-state index contributed by atoms with van der Waals surface area (Å²) in [6.45, 7) is 4.54. The first-order chi connectivity index (χ1) is 7.74. The van der Waals surface area contributed by atoms with Gasteiger partial charge in [-0.25, -0.2) is 0 Å². The molecular formula is C12H15N3O. The predicted molar refractivity (Wildman–Crippen MR) is 65.5 cm³/mol. The number of hydrazine groups is 1. The molecule has 1 aromatic carbocycles. The van der Waals surface area contributed by atoms with Gasteiger partial charge in [0.2, 0.25) is 0 Å². The third-order valence-corrected chi connectivity index (χ3v) is 2.44. The van der Waals surface area contributed by atoms with Crippen LogP contribution in [0.5, 0.6) is 5.75 Å². The van der Waals surface area contributed by atoms with Gasteiger partial charge in [-0.3, -0.25) is 10.8 Å². The van der Waals surface area contributed by atoms with Gasteiger partial charge >= 0.3 is 0 Å². The first-order valence-electron chi connectivity index (χ1n) is 5.25. The van der Waals surface area contributed by atoms with E-state index in [-0.39, 0.29) is 0 Å². The number of rotatable bonds is 3. The van der Waals surface area contributed by atoms with Gasteiger partial charge in [-0.1, -0.05) is 0 Å². The van der Waals surface area contributed by atoms with Crippen molar-refractivity contribution in [3.05, 3.63) is 30.0 Å². The molecule has 4 nitrogen and oxygen atoms in total. The van der Waals surface area contributed by atoms with E-state index in [9.17, 15) is 0 Å². The fraction of sp³-hybridized carbons (Fsp3) is 0.250. The van der Waals surface area contributed by atoms with E-state index in [0.29, 0.717) is 6.61 Å². The predicted octanol–water partition coefficient (Wildman–Crippen LogP) is 2.23. The normalized spacial score (nSPS) is 10.4. The Morgan fingerprint density at radius 3 is 2.88 bits per heavy atom. The van der Waals surface area contributed by atoms with E-state index in [0.717, 1.165) is 28.0 Å². The zero-order valence-electron chi connectivity index (χ0n) is 9.45. The lowest BCUT2D eigenvalue weighted by Crippen LogP contribution is -2.08. The summed E-state index contributed by atoms with van der Waals surface area (Å²) in [5.41, 5.74) is 5.30. The highest BCUT2D eigenvalue weighted by Gasteiger charge is 2.03. The van der Waals surface area contributed by atoms with E-state index in [1.54, 1.807) is 0 Å². The fourth-order valence-corrected chi connectivity index (χ4v) is 1.65. The minimum Gasteiger partial charge on any atom is -0.494 e. The highest BCUT2D eigenvalue weighted by Crippen LogP contribution is 2.23. The van der Waals surface area contributed by atoms with E-state index < -0.39 is 0 Å². The molecule has 0 aliphatic heterocycles. The van der Waals surface area contributed by atoms with Gasteiger partial charge in [-0.2, -0.15) is 0 Å². The van der Waals surface area contributed by atoms with Gasteiger partial charge < -0.3 is 10.2 Å². The van der Waals surface area contributed by atoms with E-state index in [2.05, 4.69) is 10.4 Å². The van der Waals surface area contributed by atoms with E-state index in [1.165, 1.54) is 0 Å². The van der Waals surface area contributed by atoms with Crippen LogP contribution in [0.2, 0.25) is 0 Å². The van der Waals surface area contributed by atoms with Crippen LogP contribution >= 0.6 is 0 Å². The first kappa shape index (κ1) is 10.7. The molecule has 1 aromatic heterocycles. The Hall–Kier alpha value is -1.81. The number of aryl methyl sites for hydroxylation is 1. The van der Waals surface area contributed by atoms with Gasteiger partial charge in [0.15, 0.2) is 0 Å². The molecule has 3 N–H and O–H groups in total. The Bertz CT molecular complexity index is 511. The Labute approximate surface area is 94.4 Å². The molecule has 0 aliphatic carbocycles. The number of hydrogen-bond acceptors (Lipinski definition) is 4. The summed E-state index contributed by atoms with van der Waals surface area (Å²) in [6.07, 6.45) is 0. The fourth-order valence-electron chi connectivity index (χ4n) is 1.65.